The topological polar surface area (TPSA) is 51.1 Å². The monoisotopic (exact) mass is 372 g/mol. The number of aryl methyl sites for hydroxylation is 3. The Hall–Kier alpha value is -3.14. The largest absolute Gasteiger partial charge is 0.341 e. The molecule has 0 radical (unpaired) electrons. The van der Waals surface area contributed by atoms with Crippen molar-refractivity contribution in [1.29, 1.82) is 0 Å². The third kappa shape index (κ3) is 3.15. The van der Waals surface area contributed by atoms with Crippen molar-refractivity contribution in [1.82, 2.24) is 4.57 Å². The lowest BCUT2D eigenvalue weighted by Gasteiger charge is -2.15. The second-order valence-electron chi connectivity index (χ2n) is 7.59. The second-order valence-corrected chi connectivity index (χ2v) is 7.59. The van der Waals surface area contributed by atoms with Crippen molar-refractivity contribution in [3.63, 3.8) is 0 Å². The molecule has 4 heteroatoms. The van der Waals surface area contributed by atoms with E-state index in [9.17, 15) is 9.59 Å². The zero-order chi connectivity index (χ0) is 19.8. The Bertz CT molecular complexity index is 1040. The van der Waals surface area contributed by atoms with Crippen LogP contribution in [0.3, 0.4) is 0 Å². The maximum absolute atomic E-state index is 13.0. The van der Waals surface area contributed by atoms with Crippen LogP contribution in [0.4, 0.5) is 5.69 Å². The van der Waals surface area contributed by atoms with Gasteiger partial charge in [0.15, 0.2) is 0 Å². The molecule has 0 saturated carbocycles. The number of hydrogen-bond donors (Lipinski definition) is 1. The molecule has 1 atom stereocenters. The summed E-state index contributed by atoms with van der Waals surface area (Å²) in [7, 11) is 0. The van der Waals surface area contributed by atoms with Gasteiger partial charge < -0.3 is 9.88 Å². The van der Waals surface area contributed by atoms with Gasteiger partial charge in [0.05, 0.1) is 11.6 Å². The van der Waals surface area contributed by atoms with Crippen molar-refractivity contribution in [3.8, 4) is 0 Å². The van der Waals surface area contributed by atoms with Gasteiger partial charge in [-0.05, 0) is 50.5 Å². The first-order valence-corrected chi connectivity index (χ1v) is 9.63. The number of nitrogens with zero attached hydrogens (tertiary/aromatic N) is 1. The quantitative estimate of drug-likeness (QED) is 0.671. The fourth-order valence-corrected chi connectivity index (χ4v) is 4.23. The summed E-state index contributed by atoms with van der Waals surface area (Å²) in [6, 6.07) is 17.2. The summed E-state index contributed by atoms with van der Waals surface area (Å²) in [6.07, 6.45) is 0.709. The van der Waals surface area contributed by atoms with Crippen LogP contribution in [0.2, 0.25) is 0 Å². The van der Waals surface area contributed by atoms with Crippen molar-refractivity contribution in [2.24, 2.45) is 0 Å². The number of fused-ring (bicyclic) bond motifs is 1. The van der Waals surface area contributed by atoms with Crippen molar-refractivity contribution in [3.05, 3.63) is 88.2 Å². The van der Waals surface area contributed by atoms with Gasteiger partial charge in [-0.25, -0.2) is 0 Å². The Morgan fingerprint density at radius 1 is 0.964 bits per heavy atom. The van der Waals surface area contributed by atoms with Crippen molar-refractivity contribution >= 4 is 17.4 Å². The number of rotatable bonds is 4. The minimum Gasteiger partial charge on any atom is -0.341 e. The van der Waals surface area contributed by atoms with Crippen LogP contribution in [0, 0.1) is 20.8 Å². The van der Waals surface area contributed by atoms with Crippen molar-refractivity contribution < 1.29 is 9.59 Å². The molecule has 0 unspecified atom stereocenters. The molecule has 4 rings (SSSR count). The highest BCUT2D eigenvalue weighted by atomic mass is 16.2. The lowest BCUT2D eigenvalue weighted by Crippen LogP contribution is -2.20. The molecule has 142 valence electrons. The maximum Gasteiger partial charge on any atom is 0.233 e. The van der Waals surface area contributed by atoms with Crippen LogP contribution in [-0.4, -0.2) is 16.3 Å². The van der Waals surface area contributed by atoms with E-state index >= 15 is 0 Å². The molecule has 28 heavy (non-hydrogen) atoms. The number of anilines is 1. The van der Waals surface area contributed by atoms with Crippen LogP contribution in [0.1, 0.15) is 50.8 Å². The molecule has 1 N–H and O–H groups in total. The minimum atomic E-state index is -0.238. The number of aromatic nitrogens is 1. The number of ketones is 1. The summed E-state index contributed by atoms with van der Waals surface area (Å²) < 4.78 is 1.99. The van der Waals surface area contributed by atoms with Crippen LogP contribution in [-0.2, 0) is 11.3 Å². The molecule has 4 nitrogen and oxygen atoms in total. The van der Waals surface area contributed by atoms with Crippen LogP contribution in [0.15, 0.2) is 54.6 Å². The van der Waals surface area contributed by atoms with Gasteiger partial charge >= 0.3 is 0 Å². The summed E-state index contributed by atoms with van der Waals surface area (Å²) in [5.41, 5.74) is 6.45. The Labute approximate surface area is 165 Å². The second kappa shape index (κ2) is 7.12. The molecular weight excluding hydrogens is 348 g/mol. The summed E-state index contributed by atoms with van der Waals surface area (Å²) >= 11 is 0. The van der Waals surface area contributed by atoms with E-state index in [0.29, 0.717) is 24.2 Å². The van der Waals surface area contributed by atoms with Gasteiger partial charge in [-0.3, -0.25) is 9.59 Å². The maximum atomic E-state index is 13.0. The molecule has 1 amide bonds. The smallest absolute Gasteiger partial charge is 0.233 e. The summed E-state index contributed by atoms with van der Waals surface area (Å²) in [4.78, 5) is 25.8. The number of amides is 1. The van der Waals surface area contributed by atoms with Gasteiger partial charge in [0.25, 0.3) is 0 Å². The van der Waals surface area contributed by atoms with E-state index in [2.05, 4.69) is 24.4 Å². The van der Waals surface area contributed by atoms with Crippen LogP contribution in [0.5, 0.6) is 0 Å². The van der Waals surface area contributed by atoms with Gasteiger partial charge in [0, 0.05) is 23.5 Å². The van der Waals surface area contributed by atoms with E-state index in [4.69, 9.17) is 0 Å². The number of nitrogens with one attached hydrogen (secondary N) is 1. The highest BCUT2D eigenvalue weighted by Gasteiger charge is 2.32. The lowest BCUT2D eigenvalue weighted by atomic mass is 10.0. The predicted molar refractivity (Wildman–Crippen MR) is 111 cm³/mol. The molecule has 1 aliphatic rings. The summed E-state index contributed by atoms with van der Waals surface area (Å²) in [5, 5.41) is 3.12. The highest BCUT2D eigenvalue weighted by Crippen LogP contribution is 2.33. The third-order valence-corrected chi connectivity index (χ3v) is 5.52. The number of hydrogen-bond acceptors (Lipinski definition) is 2. The predicted octanol–water partition coefficient (Wildman–Crippen LogP) is 4.77. The molecule has 2 aromatic carbocycles. The molecule has 1 aliphatic heterocycles. The Kier molecular flexibility index (Phi) is 4.63. The van der Waals surface area contributed by atoms with Crippen molar-refractivity contribution in [2.75, 3.05) is 5.32 Å². The standard InChI is InChI=1S/C24H24N2O2/c1-15-13-16(2)22(17(3)14-15)25-24(28)19-11-12-26-20(19)9-10-21(26)23(27)18-7-5-4-6-8-18/h4-10,13-14,19H,11-12H2,1-3H3,(H,25,28)/t19-/m0/s1. The zero-order valence-electron chi connectivity index (χ0n) is 16.5. The molecule has 0 saturated heterocycles. The Balaban J connectivity index is 1.58. The van der Waals surface area contributed by atoms with Crippen LogP contribution < -0.4 is 5.32 Å². The SMILES string of the molecule is Cc1cc(C)c(NC(=O)[C@H]2CCn3c(C(=O)c4ccccc4)ccc32)c(C)c1. The highest BCUT2D eigenvalue weighted by molar-refractivity contribution is 6.08. The van der Waals surface area contributed by atoms with E-state index < -0.39 is 0 Å². The Morgan fingerprint density at radius 2 is 1.64 bits per heavy atom. The first-order valence-electron chi connectivity index (χ1n) is 9.63. The van der Waals surface area contributed by atoms with Gasteiger partial charge in [-0.1, -0.05) is 48.0 Å². The van der Waals surface area contributed by atoms with E-state index in [0.717, 1.165) is 22.5 Å². The van der Waals surface area contributed by atoms with Crippen LogP contribution in [0.25, 0.3) is 0 Å². The fraction of sp³-hybridized carbons (Fsp3) is 0.250. The number of benzene rings is 2. The number of carbonyl (C=O) groups is 2. The molecule has 0 fully saturated rings. The van der Waals surface area contributed by atoms with Gasteiger partial charge in [-0.2, -0.15) is 0 Å². The first kappa shape index (κ1) is 18.2. The Morgan fingerprint density at radius 3 is 2.32 bits per heavy atom. The van der Waals surface area contributed by atoms with E-state index in [-0.39, 0.29) is 17.6 Å². The number of carbonyl (C=O) groups excluding carboxylic acids is 2. The molecule has 2 heterocycles. The molecule has 0 bridgehead atoms. The van der Waals surface area contributed by atoms with Crippen LogP contribution >= 0.6 is 0 Å². The molecule has 1 aromatic heterocycles. The molecular formula is C24H24N2O2. The van der Waals surface area contributed by atoms with E-state index in [1.54, 1.807) is 0 Å². The zero-order valence-corrected chi connectivity index (χ0v) is 16.5. The van der Waals surface area contributed by atoms with E-state index in [1.807, 2.05) is 60.9 Å². The summed E-state index contributed by atoms with van der Waals surface area (Å²) in [6.45, 7) is 6.77. The third-order valence-electron chi connectivity index (χ3n) is 5.52. The molecule has 0 spiro atoms. The molecule has 0 aliphatic carbocycles. The van der Waals surface area contributed by atoms with E-state index in [1.165, 1.54) is 5.56 Å². The van der Waals surface area contributed by atoms with Crippen molar-refractivity contribution in [2.45, 2.75) is 39.7 Å². The normalized spacial score (nSPS) is 15.3. The van der Waals surface area contributed by atoms with Gasteiger partial charge in [0.2, 0.25) is 11.7 Å². The molecule has 3 aromatic rings. The average Bonchev–Trinajstić information content (AvgIpc) is 3.26. The summed E-state index contributed by atoms with van der Waals surface area (Å²) in [5.74, 6) is -0.249. The lowest BCUT2D eigenvalue weighted by molar-refractivity contribution is -0.117. The average molecular weight is 372 g/mol. The fourth-order valence-electron chi connectivity index (χ4n) is 4.23. The minimum absolute atomic E-state index is 0.00173. The van der Waals surface area contributed by atoms with Gasteiger partial charge in [-0.15, -0.1) is 0 Å². The van der Waals surface area contributed by atoms with Gasteiger partial charge in [0.1, 0.15) is 0 Å². The first-order chi connectivity index (χ1) is 13.5.